The van der Waals surface area contributed by atoms with Gasteiger partial charge in [-0.25, -0.2) is 0 Å². The van der Waals surface area contributed by atoms with Crippen LogP contribution in [-0.2, 0) is 0 Å². The van der Waals surface area contributed by atoms with Crippen LogP contribution in [0.5, 0.6) is 0 Å². The molecule has 5 heteroatoms. The van der Waals surface area contributed by atoms with Crippen LogP contribution >= 0.6 is 27.5 Å². The Kier molecular flexibility index (Phi) is 5.51. The third-order valence-corrected chi connectivity index (χ3v) is 4.76. The largest absolute Gasteiger partial charge is 0.329 e. The quantitative estimate of drug-likeness (QED) is 0.575. The highest BCUT2D eigenvalue weighted by Gasteiger charge is 2.26. The molecular formula is C20H16BrClN2O. The minimum absolute atomic E-state index is 0.156. The summed E-state index contributed by atoms with van der Waals surface area (Å²) in [6, 6.07) is 20.5. The summed E-state index contributed by atoms with van der Waals surface area (Å²) in [4.78, 5) is 19.2. The van der Waals surface area contributed by atoms with Crippen LogP contribution in [0.3, 0.4) is 0 Å². The van der Waals surface area contributed by atoms with Crippen molar-refractivity contribution in [2.24, 2.45) is 0 Å². The SMILES string of the molecule is CN(C(=O)c1ccc(Br)cc1Cl)C(c1ccccc1)c1ccccn1. The minimum Gasteiger partial charge on any atom is -0.329 e. The second kappa shape index (κ2) is 7.81. The van der Waals surface area contributed by atoms with E-state index in [1.807, 2.05) is 54.6 Å². The minimum atomic E-state index is -0.297. The highest BCUT2D eigenvalue weighted by Crippen LogP contribution is 2.29. The van der Waals surface area contributed by atoms with Gasteiger partial charge >= 0.3 is 0 Å². The Morgan fingerprint density at radius 3 is 2.44 bits per heavy atom. The average Bonchev–Trinajstić information content (AvgIpc) is 2.63. The predicted octanol–water partition coefficient (Wildman–Crippen LogP) is 5.36. The van der Waals surface area contributed by atoms with Crippen molar-refractivity contribution in [1.82, 2.24) is 9.88 Å². The van der Waals surface area contributed by atoms with Crippen LogP contribution in [0.15, 0.2) is 77.4 Å². The summed E-state index contributed by atoms with van der Waals surface area (Å²) in [5.74, 6) is -0.156. The van der Waals surface area contributed by atoms with Crippen molar-refractivity contribution >= 4 is 33.4 Å². The molecule has 0 bridgehead atoms. The lowest BCUT2D eigenvalue weighted by atomic mass is 10.0. The fraction of sp³-hybridized carbons (Fsp3) is 0.100. The maximum atomic E-state index is 13.1. The van der Waals surface area contributed by atoms with Gasteiger partial charge in [0.25, 0.3) is 5.91 Å². The summed E-state index contributed by atoms with van der Waals surface area (Å²) >= 11 is 9.64. The third kappa shape index (κ3) is 3.91. The average molecular weight is 416 g/mol. The molecule has 0 radical (unpaired) electrons. The maximum absolute atomic E-state index is 13.1. The van der Waals surface area contributed by atoms with E-state index in [9.17, 15) is 4.79 Å². The number of halogens is 2. The normalized spacial score (nSPS) is 11.8. The van der Waals surface area contributed by atoms with Gasteiger partial charge in [0, 0.05) is 17.7 Å². The molecule has 126 valence electrons. The van der Waals surface area contributed by atoms with Crippen molar-refractivity contribution in [2.75, 3.05) is 7.05 Å². The molecule has 0 saturated heterocycles. The van der Waals surface area contributed by atoms with Crippen molar-refractivity contribution < 1.29 is 4.79 Å². The van der Waals surface area contributed by atoms with Gasteiger partial charge in [-0.2, -0.15) is 0 Å². The van der Waals surface area contributed by atoms with Crippen molar-refractivity contribution in [3.8, 4) is 0 Å². The van der Waals surface area contributed by atoms with Crippen LogP contribution in [0, 0.1) is 0 Å². The first kappa shape index (κ1) is 17.6. The topological polar surface area (TPSA) is 33.2 Å². The van der Waals surface area contributed by atoms with Gasteiger partial charge in [0.15, 0.2) is 0 Å². The van der Waals surface area contributed by atoms with E-state index in [1.165, 1.54) is 0 Å². The predicted molar refractivity (Wildman–Crippen MR) is 104 cm³/mol. The van der Waals surface area contributed by atoms with Crippen LogP contribution in [0.25, 0.3) is 0 Å². The molecule has 3 nitrogen and oxygen atoms in total. The van der Waals surface area contributed by atoms with Crippen molar-refractivity contribution in [3.63, 3.8) is 0 Å². The van der Waals surface area contributed by atoms with Gasteiger partial charge in [0.05, 0.1) is 22.3 Å². The molecule has 1 heterocycles. The first-order chi connectivity index (χ1) is 12.1. The summed E-state index contributed by atoms with van der Waals surface area (Å²) in [5.41, 5.74) is 2.26. The molecule has 2 aromatic carbocycles. The second-order valence-electron chi connectivity index (χ2n) is 5.61. The number of carbonyl (C=O) groups is 1. The van der Waals surface area contributed by atoms with Gasteiger partial charge in [-0.1, -0.05) is 63.9 Å². The van der Waals surface area contributed by atoms with Crippen LogP contribution in [0.1, 0.15) is 27.7 Å². The highest BCUT2D eigenvalue weighted by molar-refractivity contribution is 9.10. The number of nitrogens with zero attached hydrogens (tertiary/aromatic N) is 2. The molecule has 3 aromatic rings. The van der Waals surface area contributed by atoms with E-state index in [-0.39, 0.29) is 11.9 Å². The van der Waals surface area contributed by atoms with E-state index in [0.29, 0.717) is 10.6 Å². The summed E-state index contributed by atoms with van der Waals surface area (Å²) in [7, 11) is 1.77. The Labute approximate surface area is 160 Å². The lowest BCUT2D eigenvalue weighted by Gasteiger charge is -2.28. The first-order valence-electron chi connectivity index (χ1n) is 7.76. The van der Waals surface area contributed by atoms with E-state index in [0.717, 1.165) is 15.7 Å². The highest BCUT2D eigenvalue weighted by atomic mass is 79.9. The molecule has 3 rings (SSSR count). The summed E-state index contributed by atoms with van der Waals surface area (Å²) in [6.07, 6.45) is 1.73. The van der Waals surface area contributed by atoms with E-state index >= 15 is 0 Å². The zero-order chi connectivity index (χ0) is 17.8. The molecule has 25 heavy (non-hydrogen) atoms. The van der Waals surface area contributed by atoms with Gasteiger partial charge in [-0.05, 0) is 35.9 Å². The molecule has 0 fully saturated rings. The number of hydrogen-bond donors (Lipinski definition) is 0. The monoisotopic (exact) mass is 414 g/mol. The fourth-order valence-electron chi connectivity index (χ4n) is 2.74. The maximum Gasteiger partial charge on any atom is 0.255 e. The van der Waals surface area contributed by atoms with Gasteiger partial charge in [-0.3, -0.25) is 9.78 Å². The van der Waals surface area contributed by atoms with Gasteiger partial charge < -0.3 is 4.90 Å². The van der Waals surface area contributed by atoms with Gasteiger partial charge in [-0.15, -0.1) is 0 Å². The molecule has 0 aliphatic rings. The summed E-state index contributed by atoms with van der Waals surface area (Å²) in [6.45, 7) is 0. The second-order valence-corrected chi connectivity index (χ2v) is 6.93. The fourth-order valence-corrected chi connectivity index (χ4v) is 3.49. The molecule has 1 unspecified atom stereocenters. The Bertz CT molecular complexity index is 832. The molecule has 0 aliphatic carbocycles. The van der Waals surface area contributed by atoms with Crippen LogP contribution in [0.4, 0.5) is 0 Å². The smallest absolute Gasteiger partial charge is 0.255 e. The lowest BCUT2D eigenvalue weighted by molar-refractivity contribution is 0.0753. The summed E-state index contributed by atoms with van der Waals surface area (Å²) < 4.78 is 0.834. The molecule has 0 N–H and O–H groups in total. The Balaban J connectivity index is 2.02. The van der Waals surface area contributed by atoms with Crippen LogP contribution < -0.4 is 0 Å². The van der Waals surface area contributed by atoms with Crippen molar-refractivity contribution in [2.45, 2.75) is 6.04 Å². The van der Waals surface area contributed by atoms with Crippen molar-refractivity contribution in [3.05, 3.63) is 99.2 Å². The zero-order valence-electron chi connectivity index (χ0n) is 13.6. The third-order valence-electron chi connectivity index (χ3n) is 3.95. The van der Waals surface area contributed by atoms with Gasteiger partial charge in [0.1, 0.15) is 0 Å². The van der Waals surface area contributed by atoms with Gasteiger partial charge in [0.2, 0.25) is 0 Å². The van der Waals surface area contributed by atoms with Crippen molar-refractivity contribution in [1.29, 1.82) is 0 Å². The van der Waals surface area contributed by atoms with Crippen LogP contribution in [0.2, 0.25) is 5.02 Å². The number of carbonyl (C=O) groups excluding carboxylic acids is 1. The Morgan fingerprint density at radius 1 is 1.08 bits per heavy atom. The molecule has 0 aliphatic heterocycles. The molecular weight excluding hydrogens is 400 g/mol. The Hall–Kier alpha value is -2.17. The van der Waals surface area contributed by atoms with E-state index in [4.69, 9.17) is 11.6 Å². The van der Waals surface area contributed by atoms with Crippen LogP contribution in [-0.4, -0.2) is 22.8 Å². The summed E-state index contributed by atoms with van der Waals surface area (Å²) in [5, 5.41) is 0.416. The molecule has 1 amide bonds. The lowest BCUT2D eigenvalue weighted by Crippen LogP contribution is -2.32. The van der Waals surface area contributed by atoms with E-state index in [2.05, 4.69) is 20.9 Å². The Morgan fingerprint density at radius 2 is 1.80 bits per heavy atom. The molecule has 1 aromatic heterocycles. The van der Waals surface area contributed by atoms with E-state index in [1.54, 1.807) is 30.3 Å². The number of amides is 1. The number of benzene rings is 2. The standard InChI is InChI=1S/C20H16BrClN2O/c1-24(20(25)16-11-10-15(21)13-17(16)22)19(14-7-3-2-4-8-14)18-9-5-6-12-23-18/h2-13,19H,1H3. The number of hydrogen-bond acceptors (Lipinski definition) is 2. The van der Waals surface area contributed by atoms with E-state index < -0.39 is 0 Å². The molecule has 1 atom stereocenters. The zero-order valence-corrected chi connectivity index (χ0v) is 15.9. The molecule has 0 spiro atoms. The number of rotatable bonds is 4. The number of aromatic nitrogens is 1. The molecule has 0 saturated carbocycles. The number of pyridine rings is 1. The first-order valence-corrected chi connectivity index (χ1v) is 8.93.